The van der Waals surface area contributed by atoms with Crippen molar-refractivity contribution in [2.45, 2.75) is 95.9 Å². The Morgan fingerprint density at radius 3 is 2.43 bits per heavy atom. The van der Waals surface area contributed by atoms with Crippen molar-refractivity contribution in [2.24, 2.45) is 23.2 Å². The molecule has 0 spiro atoms. The third kappa shape index (κ3) is 6.44. The average molecular weight is 598 g/mol. The number of phenolic OH excluding ortho intramolecular Hbond substituents is 1. The molecule has 0 unspecified atom stereocenters. The Bertz CT molecular complexity index is 1400. The van der Waals surface area contributed by atoms with E-state index in [1.807, 2.05) is 53.4 Å². The summed E-state index contributed by atoms with van der Waals surface area (Å²) in [5.41, 5.74) is 4.19. The maximum Gasteiger partial charge on any atom is 0.222 e. The molecule has 0 radical (unpaired) electrons. The predicted molar refractivity (Wildman–Crippen MR) is 173 cm³/mol. The van der Waals surface area contributed by atoms with Crippen molar-refractivity contribution >= 4 is 5.91 Å². The van der Waals surface area contributed by atoms with Crippen LogP contribution in [0.15, 0.2) is 78.9 Å². The molecule has 4 nitrogen and oxygen atoms in total. The fourth-order valence-electron chi connectivity index (χ4n) is 9.08. The molecule has 2 fully saturated rings. The van der Waals surface area contributed by atoms with Crippen molar-refractivity contribution in [3.63, 3.8) is 0 Å². The highest BCUT2D eigenvalue weighted by molar-refractivity contribution is 5.76. The molecule has 3 aliphatic carbocycles. The number of aliphatic hydroxyl groups is 1. The topological polar surface area (TPSA) is 60.8 Å². The summed E-state index contributed by atoms with van der Waals surface area (Å²) in [6.45, 7) is 3.45. The van der Waals surface area contributed by atoms with Gasteiger partial charge in [-0.1, -0.05) is 80.1 Å². The first-order valence-electron chi connectivity index (χ1n) is 16.8. The average Bonchev–Trinajstić information content (AvgIpc) is 3.32. The van der Waals surface area contributed by atoms with E-state index in [1.54, 1.807) is 6.07 Å². The zero-order chi connectivity index (χ0) is 30.7. The number of hydrogen-bond donors (Lipinski definition) is 2. The van der Waals surface area contributed by atoms with Crippen LogP contribution in [0.5, 0.6) is 5.75 Å². The molecule has 2 saturated carbocycles. The lowest BCUT2D eigenvalue weighted by Crippen LogP contribution is -2.51. The Morgan fingerprint density at radius 1 is 0.955 bits per heavy atom. The number of carbonyl (C=O) groups is 1. The maximum atomic E-state index is 16.1. The molecule has 234 valence electrons. The van der Waals surface area contributed by atoms with Gasteiger partial charge in [0.2, 0.25) is 5.91 Å². The Labute approximate surface area is 262 Å². The zero-order valence-electron chi connectivity index (χ0n) is 26.1. The molecule has 1 amide bonds. The second-order valence-electron chi connectivity index (χ2n) is 14.0. The minimum absolute atomic E-state index is 0.173. The highest BCUT2D eigenvalue weighted by atomic mass is 19.1. The number of rotatable bonds is 11. The Morgan fingerprint density at radius 2 is 1.68 bits per heavy atom. The van der Waals surface area contributed by atoms with Gasteiger partial charge in [-0.15, -0.1) is 0 Å². The van der Waals surface area contributed by atoms with Crippen molar-refractivity contribution in [1.82, 2.24) is 4.90 Å². The van der Waals surface area contributed by atoms with Crippen molar-refractivity contribution in [3.05, 3.63) is 101 Å². The van der Waals surface area contributed by atoms with E-state index in [0.29, 0.717) is 37.8 Å². The normalized spacial score (nSPS) is 29.0. The summed E-state index contributed by atoms with van der Waals surface area (Å²) in [4.78, 5) is 15.5. The Kier molecular flexibility index (Phi) is 9.42. The molecule has 2 N–H and O–H groups in total. The van der Waals surface area contributed by atoms with Crippen LogP contribution in [0.3, 0.4) is 0 Å². The summed E-state index contributed by atoms with van der Waals surface area (Å²) in [6, 6.07) is 26.1. The first-order chi connectivity index (χ1) is 21.3. The van der Waals surface area contributed by atoms with Crippen molar-refractivity contribution < 1.29 is 19.4 Å². The number of carbonyl (C=O) groups excluding carboxylic acids is 1. The molecule has 0 bridgehead atoms. The van der Waals surface area contributed by atoms with Gasteiger partial charge in [-0.2, -0.15) is 0 Å². The van der Waals surface area contributed by atoms with E-state index < -0.39 is 12.3 Å². The fraction of sp³-hybridized carbons (Fsp3) is 0.513. The summed E-state index contributed by atoms with van der Waals surface area (Å²) in [6.07, 6.45) is 6.64. The number of benzene rings is 3. The van der Waals surface area contributed by atoms with E-state index in [2.05, 4.69) is 31.2 Å². The van der Waals surface area contributed by atoms with Crippen LogP contribution < -0.4 is 0 Å². The summed E-state index contributed by atoms with van der Waals surface area (Å²) in [7, 11) is 0. The number of fused-ring (bicyclic) bond motifs is 5. The molecular weight excluding hydrogens is 549 g/mol. The standard InChI is InChI=1S/C39H48FNO3/c1-39-25-34(40)38-32-19-18-31(42)24-30(32)23-29(37(38)33(39)20-21-35(39)43)16-8-9-22-41(26-28-13-6-3-7-14-28)36(44)17-10-15-27-11-4-2-5-12-27/h2-7,11-14,18-19,24,29,33-35,37-38,42-43H,8-10,15-17,20-23,25-26H2,1H3/t29-,33+,34+,35+,37+,38+,39+/m1/s1. The molecule has 3 aromatic carbocycles. The monoisotopic (exact) mass is 597 g/mol. The molecule has 7 atom stereocenters. The number of alkyl halides is 1. The SMILES string of the molecule is C[C@]12C[C@H](F)[C@@H]3c4ccc(O)cc4C[C@@H](CCCCN(Cc4ccccc4)C(=O)CCCc4ccccc4)[C@H]3[C@@H]1CC[C@@H]2O. The van der Waals surface area contributed by atoms with Crippen LogP contribution in [0.2, 0.25) is 0 Å². The molecule has 0 saturated heterocycles. The first kappa shape index (κ1) is 30.8. The van der Waals surface area contributed by atoms with Gasteiger partial charge in [0.15, 0.2) is 0 Å². The van der Waals surface area contributed by atoms with Crippen molar-refractivity contribution in [3.8, 4) is 5.75 Å². The maximum absolute atomic E-state index is 16.1. The van der Waals surface area contributed by atoms with Crippen molar-refractivity contribution in [2.75, 3.05) is 6.54 Å². The molecule has 0 aliphatic heterocycles. The molecular formula is C39H48FNO3. The lowest BCUT2D eigenvalue weighted by atomic mass is 9.51. The number of aliphatic hydroxyl groups excluding tert-OH is 1. The predicted octanol–water partition coefficient (Wildman–Crippen LogP) is 8.01. The molecule has 0 aromatic heterocycles. The molecule has 3 aromatic rings. The number of hydrogen-bond acceptors (Lipinski definition) is 3. The highest BCUT2D eigenvalue weighted by Crippen LogP contribution is 2.63. The quantitative estimate of drug-likeness (QED) is 0.220. The van der Waals surface area contributed by atoms with E-state index >= 15 is 4.39 Å². The van der Waals surface area contributed by atoms with Crippen LogP contribution >= 0.6 is 0 Å². The van der Waals surface area contributed by atoms with Crippen LogP contribution in [0.25, 0.3) is 0 Å². The number of aryl methyl sites for hydroxylation is 1. The summed E-state index contributed by atoms with van der Waals surface area (Å²) in [5, 5.41) is 21.2. The van der Waals surface area contributed by atoms with Gasteiger partial charge in [0.25, 0.3) is 0 Å². The van der Waals surface area contributed by atoms with E-state index in [9.17, 15) is 15.0 Å². The van der Waals surface area contributed by atoms with Gasteiger partial charge in [-0.05, 0) is 109 Å². The number of aromatic hydroxyl groups is 1. The number of phenols is 1. The number of unbranched alkanes of at least 4 members (excludes halogenated alkanes) is 1. The van der Waals surface area contributed by atoms with E-state index in [4.69, 9.17) is 0 Å². The van der Waals surface area contributed by atoms with Gasteiger partial charge in [0.1, 0.15) is 11.9 Å². The van der Waals surface area contributed by atoms with Gasteiger partial charge in [0, 0.05) is 25.4 Å². The third-order valence-corrected chi connectivity index (χ3v) is 11.3. The molecule has 5 heteroatoms. The third-order valence-electron chi connectivity index (χ3n) is 11.3. The smallest absolute Gasteiger partial charge is 0.222 e. The molecule has 6 rings (SSSR count). The van der Waals surface area contributed by atoms with Gasteiger partial charge >= 0.3 is 0 Å². The lowest BCUT2D eigenvalue weighted by Gasteiger charge is -2.54. The number of amides is 1. The summed E-state index contributed by atoms with van der Waals surface area (Å²) >= 11 is 0. The lowest BCUT2D eigenvalue weighted by molar-refractivity contribution is -0.132. The minimum atomic E-state index is -0.991. The Balaban J connectivity index is 1.13. The summed E-state index contributed by atoms with van der Waals surface area (Å²) in [5.74, 6) is 1.08. The van der Waals surface area contributed by atoms with Crippen LogP contribution in [-0.4, -0.2) is 39.8 Å². The highest BCUT2D eigenvalue weighted by Gasteiger charge is 2.59. The number of nitrogens with zero attached hydrogens (tertiary/aromatic N) is 1. The second-order valence-corrected chi connectivity index (χ2v) is 14.0. The number of halogens is 1. The van der Waals surface area contributed by atoms with Crippen LogP contribution in [-0.2, 0) is 24.2 Å². The fourth-order valence-corrected chi connectivity index (χ4v) is 9.08. The van der Waals surface area contributed by atoms with Gasteiger partial charge in [0.05, 0.1) is 6.10 Å². The van der Waals surface area contributed by atoms with Crippen LogP contribution in [0.4, 0.5) is 4.39 Å². The summed E-state index contributed by atoms with van der Waals surface area (Å²) < 4.78 is 16.1. The largest absolute Gasteiger partial charge is 0.508 e. The van der Waals surface area contributed by atoms with E-state index in [0.717, 1.165) is 68.1 Å². The minimum Gasteiger partial charge on any atom is -0.508 e. The van der Waals surface area contributed by atoms with E-state index in [-0.39, 0.29) is 28.9 Å². The molecule has 44 heavy (non-hydrogen) atoms. The van der Waals surface area contributed by atoms with Gasteiger partial charge in [-0.3, -0.25) is 4.79 Å². The molecule has 0 heterocycles. The van der Waals surface area contributed by atoms with Gasteiger partial charge in [-0.25, -0.2) is 4.39 Å². The zero-order valence-corrected chi connectivity index (χ0v) is 26.1. The van der Waals surface area contributed by atoms with Crippen LogP contribution in [0, 0.1) is 23.2 Å². The Hall–Kier alpha value is -3.18. The second kappa shape index (κ2) is 13.4. The van der Waals surface area contributed by atoms with Crippen molar-refractivity contribution in [1.29, 1.82) is 0 Å². The first-order valence-corrected chi connectivity index (χ1v) is 16.8. The van der Waals surface area contributed by atoms with E-state index in [1.165, 1.54) is 5.56 Å². The van der Waals surface area contributed by atoms with Gasteiger partial charge < -0.3 is 15.1 Å². The van der Waals surface area contributed by atoms with Crippen LogP contribution in [0.1, 0.15) is 86.5 Å². The molecule has 3 aliphatic rings.